The number of rotatable bonds is 4. The van der Waals surface area contributed by atoms with E-state index in [2.05, 4.69) is 57.3 Å². The number of thiazole rings is 1. The summed E-state index contributed by atoms with van der Waals surface area (Å²) in [6, 6.07) is 0.276. The fourth-order valence-corrected chi connectivity index (χ4v) is 3.42. The molecular weight excluding hydrogens is 280 g/mol. The van der Waals surface area contributed by atoms with Gasteiger partial charge in [-0.1, -0.05) is 20.8 Å². The quantitative estimate of drug-likeness (QED) is 0.937. The van der Waals surface area contributed by atoms with Crippen LogP contribution >= 0.6 is 11.3 Å². The van der Waals surface area contributed by atoms with Crippen LogP contribution in [0.1, 0.15) is 61.4 Å². The first-order valence-electron chi connectivity index (χ1n) is 7.38. The lowest BCUT2D eigenvalue weighted by molar-refractivity contribution is 0.553. The molecule has 4 nitrogen and oxygen atoms in total. The van der Waals surface area contributed by atoms with Crippen molar-refractivity contribution in [2.75, 3.05) is 0 Å². The zero-order chi connectivity index (χ0) is 15.8. The van der Waals surface area contributed by atoms with Crippen molar-refractivity contribution in [1.29, 1.82) is 0 Å². The average molecular weight is 306 g/mol. The van der Waals surface area contributed by atoms with Gasteiger partial charge in [0.1, 0.15) is 0 Å². The van der Waals surface area contributed by atoms with Crippen LogP contribution in [0, 0.1) is 13.8 Å². The van der Waals surface area contributed by atoms with Gasteiger partial charge in [-0.05, 0) is 20.8 Å². The number of hydrogen-bond donors (Lipinski definition) is 1. The van der Waals surface area contributed by atoms with Gasteiger partial charge in [0.2, 0.25) is 0 Å². The molecule has 1 unspecified atom stereocenters. The Morgan fingerprint density at radius 3 is 2.48 bits per heavy atom. The van der Waals surface area contributed by atoms with Crippen LogP contribution in [0.2, 0.25) is 0 Å². The minimum absolute atomic E-state index is 0.130. The summed E-state index contributed by atoms with van der Waals surface area (Å²) in [6.07, 6.45) is 0. The van der Waals surface area contributed by atoms with E-state index in [4.69, 9.17) is 4.98 Å². The van der Waals surface area contributed by atoms with Gasteiger partial charge < -0.3 is 5.32 Å². The first-order valence-corrected chi connectivity index (χ1v) is 8.26. The van der Waals surface area contributed by atoms with Crippen molar-refractivity contribution >= 4 is 11.3 Å². The maximum Gasteiger partial charge on any atom is 0.0982 e. The summed E-state index contributed by atoms with van der Waals surface area (Å²) in [4.78, 5) is 4.73. The Hall–Kier alpha value is -1.20. The molecule has 2 aromatic rings. The molecule has 116 valence electrons. The molecule has 1 atom stereocenters. The van der Waals surface area contributed by atoms with Gasteiger partial charge in [0.15, 0.2) is 0 Å². The lowest BCUT2D eigenvalue weighted by Gasteiger charge is -2.15. The summed E-state index contributed by atoms with van der Waals surface area (Å²) in [5.41, 5.74) is 4.87. The molecule has 0 radical (unpaired) electrons. The van der Waals surface area contributed by atoms with Crippen LogP contribution in [-0.2, 0) is 19.0 Å². The first-order chi connectivity index (χ1) is 9.70. The van der Waals surface area contributed by atoms with Gasteiger partial charge in [0, 0.05) is 41.7 Å². The number of aryl methyl sites for hydroxylation is 2. The molecule has 0 saturated carbocycles. The van der Waals surface area contributed by atoms with Gasteiger partial charge in [-0.2, -0.15) is 5.10 Å². The molecule has 0 aliphatic heterocycles. The molecule has 0 spiro atoms. The van der Waals surface area contributed by atoms with Crippen molar-refractivity contribution in [3.8, 4) is 0 Å². The summed E-state index contributed by atoms with van der Waals surface area (Å²) in [6.45, 7) is 13.8. The van der Waals surface area contributed by atoms with Gasteiger partial charge >= 0.3 is 0 Å². The Bertz CT molecular complexity index is 619. The van der Waals surface area contributed by atoms with E-state index in [0.717, 1.165) is 17.9 Å². The van der Waals surface area contributed by atoms with Crippen LogP contribution < -0.4 is 5.32 Å². The SMILES string of the molecule is Cc1nn(C)c(C)c1C(C)NCc1csc(C(C)(C)C)n1. The molecule has 0 saturated heterocycles. The standard InChI is InChI=1S/C16H26N4S/c1-10(14-11(2)19-20(7)12(14)3)17-8-13-9-21-15(18-13)16(4,5)6/h9-10,17H,8H2,1-7H3. The highest BCUT2D eigenvalue weighted by Crippen LogP contribution is 2.26. The lowest BCUT2D eigenvalue weighted by atomic mass is 9.98. The fourth-order valence-electron chi connectivity index (χ4n) is 2.51. The summed E-state index contributed by atoms with van der Waals surface area (Å²) in [5.74, 6) is 0. The van der Waals surface area contributed by atoms with Gasteiger partial charge in [-0.25, -0.2) is 4.98 Å². The van der Waals surface area contributed by atoms with Crippen LogP contribution in [-0.4, -0.2) is 14.8 Å². The van der Waals surface area contributed by atoms with Crippen molar-refractivity contribution in [3.63, 3.8) is 0 Å². The Kier molecular flexibility index (Phi) is 4.54. The summed E-state index contributed by atoms with van der Waals surface area (Å²) < 4.78 is 1.95. The van der Waals surface area contributed by atoms with E-state index in [0.29, 0.717) is 0 Å². The zero-order valence-electron chi connectivity index (χ0n) is 14.1. The Morgan fingerprint density at radius 1 is 1.33 bits per heavy atom. The van der Waals surface area contributed by atoms with Crippen LogP contribution in [0.15, 0.2) is 5.38 Å². The Balaban J connectivity index is 2.04. The predicted molar refractivity (Wildman–Crippen MR) is 88.8 cm³/mol. The molecule has 0 bridgehead atoms. The van der Waals surface area contributed by atoms with Crippen molar-refractivity contribution in [2.45, 2.75) is 59.5 Å². The normalized spacial score (nSPS) is 13.7. The van der Waals surface area contributed by atoms with Gasteiger partial charge in [0.05, 0.1) is 16.4 Å². The number of aromatic nitrogens is 3. The van der Waals surface area contributed by atoms with Crippen molar-refractivity contribution in [3.05, 3.63) is 33.0 Å². The highest BCUT2D eigenvalue weighted by molar-refractivity contribution is 7.09. The van der Waals surface area contributed by atoms with Crippen molar-refractivity contribution in [1.82, 2.24) is 20.1 Å². The third kappa shape index (κ3) is 3.52. The van der Waals surface area contributed by atoms with E-state index in [1.807, 2.05) is 11.7 Å². The molecule has 1 N–H and O–H groups in total. The van der Waals surface area contributed by atoms with Gasteiger partial charge in [-0.15, -0.1) is 11.3 Å². The lowest BCUT2D eigenvalue weighted by Crippen LogP contribution is -2.20. The third-order valence-corrected chi connectivity index (χ3v) is 5.10. The summed E-state index contributed by atoms with van der Waals surface area (Å²) in [5, 5.41) is 11.4. The van der Waals surface area contributed by atoms with E-state index in [1.54, 1.807) is 11.3 Å². The minimum Gasteiger partial charge on any atom is -0.304 e. The molecule has 5 heteroatoms. The monoisotopic (exact) mass is 306 g/mol. The van der Waals surface area contributed by atoms with Crippen molar-refractivity contribution < 1.29 is 0 Å². The van der Waals surface area contributed by atoms with Crippen LogP contribution in [0.4, 0.5) is 0 Å². The van der Waals surface area contributed by atoms with E-state index in [-0.39, 0.29) is 11.5 Å². The second-order valence-electron chi connectivity index (χ2n) is 6.70. The fraction of sp³-hybridized carbons (Fsp3) is 0.625. The number of nitrogens with one attached hydrogen (secondary N) is 1. The highest BCUT2D eigenvalue weighted by Gasteiger charge is 2.19. The molecule has 0 aliphatic rings. The van der Waals surface area contributed by atoms with E-state index in [1.165, 1.54) is 16.3 Å². The van der Waals surface area contributed by atoms with E-state index in [9.17, 15) is 0 Å². The van der Waals surface area contributed by atoms with Crippen LogP contribution in [0.25, 0.3) is 0 Å². The molecule has 0 aliphatic carbocycles. The minimum atomic E-state index is 0.130. The third-order valence-electron chi connectivity index (χ3n) is 3.78. The van der Waals surface area contributed by atoms with Gasteiger partial charge in [0.25, 0.3) is 0 Å². The van der Waals surface area contributed by atoms with Crippen molar-refractivity contribution in [2.24, 2.45) is 7.05 Å². The zero-order valence-corrected chi connectivity index (χ0v) is 14.9. The van der Waals surface area contributed by atoms with Crippen LogP contribution in [0.5, 0.6) is 0 Å². The Morgan fingerprint density at radius 2 is 2.00 bits per heavy atom. The number of hydrogen-bond acceptors (Lipinski definition) is 4. The first kappa shape index (κ1) is 16.2. The summed E-state index contributed by atoms with van der Waals surface area (Å²) in [7, 11) is 1.99. The highest BCUT2D eigenvalue weighted by atomic mass is 32.1. The molecular formula is C16H26N4S. The average Bonchev–Trinajstić information content (AvgIpc) is 2.93. The largest absolute Gasteiger partial charge is 0.304 e. The molecule has 21 heavy (non-hydrogen) atoms. The smallest absolute Gasteiger partial charge is 0.0982 e. The number of nitrogens with zero attached hydrogens (tertiary/aromatic N) is 3. The topological polar surface area (TPSA) is 42.7 Å². The molecule has 0 fully saturated rings. The van der Waals surface area contributed by atoms with Gasteiger partial charge in [-0.3, -0.25) is 4.68 Å². The molecule has 0 amide bonds. The second-order valence-corrected chi connectivity index (χ2v) is 7.56. The molecule has 2 heterocycles. The predicted octanol–water partition coefficient (Wildman–Crippen LogP) is 3.64. The summed E-state index contributed by atoms with van der Waals surface area (Å²) >= 11 is 1.75. The molecule has 0 aromatic carbocycles. The second kappa shape index (κ2) is 5.89. The van der Waals surface area contributed by atoms with E-state index < -0.39 is 0 Å². The maximum absolute atomic E-state index is 4.73. The maximum atomic E-state index is 4.73. The molecule has 2 aromatic heterocycles. The molecule has 2 rings (SSSR count). The van der Waals surface area contributed by atoms with E-state index >= 15 is 0 Å². The Labute approximate surface area is 131 Å². The van der Waals surface area contributed by atoms with Crippen LogP contribution in [0.3, 0.4) is 0 Å².